The van der Waals surface area contributed by atoms with Gasteiger partial charge in [0.1, 0.15) is 5.83 Å². The number of hydrogen-bond donors (Lipinski definition) is 1. The third-order valence-electron chi connectivity index (χ3n) is 4.69. The van der Waals surface area contributed by atoms with Gasteiger partial charge in [-0.25, -0.2) is 17.1 Å². The molecule has 1 amide bonds. The number of hydrogen-bond acceptors (Lipinski definition) is 4. The lowest BCUT2D eigenvalue weighted by Gasteiger charge is -2.12. The largest absolute Gasteiger partial charge is 0.354 e. The molecule has 8 nitrogen and oxygen atoms in total. The van der Waals surface area contributed by atoms with Gasteiger partial charge in [0.25, 0.3) is 5.91 Å². The van der Waals surface area contributed by atoms with Crippen molar-refractivity contribution in [3.05, 3.63) is 58.7 Å². The SMILES string of the molecule is Cc1c(Cc2ccc(S(=O)(=O)N(C)C)cc2)c(C(=O)N(C)C)nn1C/C(F)=C/C[NH3+]. The maximum absolute atomic E-state index is 14.0. The second kappa shape index (κ2) is 9.50. The van der Waals surface area contributed by atoms with Gasteiger partial charge in [-0.3, -0.25) is 9.48 Å². The zero-order chi connectivity index (χ0) is 22.6. The number of amides is 1. The number of aromatic nitrogens is 2. The van der Waals surface area contributed by atoms with Gasteiger partial charge in [0.05, 0.1) is 18.0 Å². The zero-order valence-electron chi connectivity index (χ0n) is 18.0. The maximum atomic E-state index is 14.0. The van der Waals surface area contributed by atoms with Gasteiger partial charge in [-0.05, 0) is 24.6 Å². The number of carbonyl (C=O) groups excluding carboxylic acids is 1. The first-order valence-corrected chi connectivity index (χ1v) is 10.9. The van der Waals surface area contributed by atoms with Crippen LogP contribution in [-0.2, 0) is 23.0 Å². The normalized spacial score (nSPS) is 12.5. The summed E-state index contributed by atoms with van der Waals surface area (Å²) in [5, 5.41) is 4.35. The zero-order valence-corrected chi connectivity index (χ0v) is 18.8. The van der Waals surface area contributed by atoms with Crippen LogP contribution in [0.2, 0.25) is 0 Å². The lowest BCUT2D eigenvalue weighted by molar-refractivity contribution is -0.353. The summed E-state index contributed by atoms with van der Waals surface area (Å²) >= 11 is 0. The number of nitrogens with zero attached hydrogens (tertiary/aromatic N) is 4. The van der Waals surface area contributed by atoms with E-state index in [1.54, 1.807) is 33.2 Å². The molecule has 0 aliphatic rings. The molecule has 3 N–H and O–H groups in total. The van der Waals surface area contributed by atoms with Crippen LogP contribution >= 0.6 is 0 Å². The Bertz CT molecular complexity index is 1040. The van der Waals surface area contributed by atoms with E-state index in [4.69, 9.17) is 0 Å². The van der Waals surface area contributed by atoms with Crippen LogP contribution in [0.25, 0.3) is 0 Å². The lowest BCUT2D eigenvalue weighted by atomic mass is 10.0. The summed E-state index contributed by atoms with van der Waals surface area (Å²) in [5.74, 6) is -0.649. The molecule has 164 valence electrons. The van der Waals surface area contributed by atoms with Crippen LogP contribution in [0.1, 0.15) is 27.3 Å². The Labute approximate surface area is 176 Å². The molecule has 1 aromatic carbocycles. The van der Waals surface area contributed by atoms with Crippen LogP contribution < -0.4 is 5.73 Å². The minimum atomic E-state index is -3.52. The van der Waals surface area contributed by atoms with E-state index in [2.05, 4.69) is 10.8 Å². The van der Waals surface area contributed by atoms with E-state index >= 15 is 0 Å². The molecular weight excluding hydrogens is 409 g/mol. The van der Waals surface area contributed by atoms with Gasteiger partial charge in [-0.1, -0.05) is 12.1 Å². The van der Waals surface area contributed by atoms with E-state index < -0.39 is 10.0 Å². The Morgan fingerprint density at radius 1 is 1.20 bits per heavy atom. The summed E-state index contributed by atoms with van der Waals surface area (Å²) in [6.07, 6.45) is 1.74. The van der Waals surface area contributed by atoms with Gasteiger partial charge in [0.2, 0.25) is 10.0 Å². The van der Waals surface area contributed by atoms with Gasteiger partial charge in [0.15, 0.2) is 5.69 Å². The van der Waals surface area contributed by atoms with Gasteiger partial charge in [0, 0.05) is 51.9 Å². The molecule has 30 heavy (non-hydrogen) atoms. The third-order valence-corrected chi connectivity index (χ3v) is 6.52. The van der Waals surface area contributed by atoms with E-state index in [0.29, 0.717) is 24.2 Å². The minimum absolute atomic E-state index is 0.0743. The molecule has 0 aliphatic heterocycles. The maximum Gasteiger partial charge on any atom is 0.274 e. The van der Waals surface area contributed by atoms with Gasteiger partial charge in [-0.2, -0.15) is 5.10 Å². The standard InChI is InChI=1S/C20H28FN5O3S/c1-14-18(12-15-6-8-17(9-7-15)30(28,29)25(4)5)19(20(27)24(2)3)23-26(14)13-16(21)10-11-22/h6-10H,11-13,22H2,1-5H3/p+1/b16-10-. The van der Waals surface area contributed by atoms with Crippen molar-refractivity contribution in [2.75, 3.05) is 34.7 Å². The molecule has 1 aromatic heterocycles. The summed E-state index contributed by atoms with van der Waals surface area (Å²) < 4.78 is 41.1. The van der Waals surface area contributed by atoms with Crippen molar-refractivity contribution in [1.29, 1.82) is 0 Å². The second-order valence-corrected chi connectivity index (χ2v) is 9.47. The second-order valence-electron chi connectivity index (χ2n) is 7.32. The summed E-state index contributed by atoms with van der Waals surface area (Å²) in [5.41, 5.74) is 6.03. The third kappa shape index (κ3) is 5.13. The highest BCUT2D eigenvalue weighted by Gasteiger charge is 2.23. The number of rotatable bonds is 8. The predicted molar refractivity (Wildman–Crippen MR) is 112 cm³/mol. The first-order valence-electron chi connectivity index (χ1n) is 9.42. The topological polar surface area (TPSA) is 103 Å². The molecule has 1 heterocycles. The average Bonchev–Trinajstić information content (AvgIpc) is 2.97. The molecule has 0 radical (unpaired) electrons. The molecule has 0 saturated heterocycles. The van der Waals surface area contributed by atoms with Gasteiger partial charge < -0.3 is 10.6 Å². The van der Waals surface area contributed by atoms with Crippen molar-refractivity contribution in [3.8, 4) is 0 Å². The monoisotopic (exact) mass is 438 g/mol. The van der Waals surface area contributed by atoms with E-state index in [1.807, 2.05) is 0 Å². The molecular formula is C20H29FN5O3S+. The fourth-order valence-corrected chi connectivity index (χ4v) is 3.79. The molecule has 0 spiro atoms. The Hall–Kier alpha value is -2.56. The summed E-state index contributed by atoms with van der Waals surface area (Å²) in [7, 11) is 2.69. The summed E-state index contributed by atoms with van der Waals surface area (Å²) in [6.45, 7) is 2.04. The molecule has 0 unspecified atom stereocenters. The number of quaternary nitrogens is 1. The van der Waals surface area contributed by atoms with Crippen molar-refractivity contribution < 1.29 is 23.3 Å². The van der Waals surface area contributed by atoms with E-state index in [9.17, 15) is 17.6 Å². The fourth-order valence-electron chi connectivity index (χ4n) is 2.89. The fraction of sp³-hybridized carbons (Fsp3) is 0.400. The lowest BCUT2D eigenvalue weighted by Crippen LogP contribution is -2.49. The highest BCUT2D eigenvalue weighted by molar-refractivity contribution is 7.89. The number of sulfonamides is 1. The number of allylic oxidation sites excluding steroid dienone is 1. The van der Waals surface area contributed by atoms with Crippen molar-refractivity contribution in [2.45, 2.75) is 24.8 Å². The van der Waals surface area contributed by atoms with Gasteiger partial charge in [-0.15, -0.1) is 0 Å². The van der Waals surface area contributed by atoms with Crippen molar-refractivity contribution in [1.82, 2.24) is 19.0 Å². The molecule has 0 fully saturated rings. The van der Waals surface area contributed by atoms with E-state index in [-0.39, 0.29) is 28.9 Å². The van der Waals surface area contributed by atoms with Crippen LogP contribution in [0, 0.1) is 6.92 Å². The van der Waals surface area contributed by atoms with E-state index in [1.165, 1.54) is 41.9 Å². The molecule has 0 saturated carbocycles. The van der Waals surface area contributed by atoms with Crippen molar-refractivity contribution in [3.63, 3.8) is 0 Å². The van der Waals surface area contributed by atoms with Crippen LogP contribution in [0.4, 0.5) is 4.39 Å². The number of halogens is 1. The van der Waals surface area contributed by atoms with Crippen molar-refractivity contribution >= 4 is 15.9 Å². The Morgan fingerprint density at radius 3 is 2.30 bits per heavy atom. The molecule has 0 bridgehead atoms. The molecule has 0 aliphatic carbocycles. The Balaban J connectivity index is 2.43. The summed E-state index contributed by atoms with van der Waals surface area (Å²) in [6, 6.07) is 6.49. The van der Waals surface area contributed by atoms with Crippen molar-refractivity contribution in [2.24, 2.45) is 0 Å². The first-order chi connectivity index (χ1) is 14.0. The quantitative estimate of drug-likeness (QED) is 0.659. The molecule has 10 heteroatoms. The van der Waals surface area contributed by atoms with Crippen LogP contribution in [0.3, 0.4) is 0 Å². The smallest absolute Gasteiger partial charge is 0.274 e. The highest BCUT2D eigenvalue weighted by atomic mass is 32.2. The highest BCUT2D eigenvalue weighted by Crippen LogP contribution is 2.22. The van der Waals surface area contributed by atoms with Crippen LogP contribution in [-0.4, -0.2) is 68.0 Å². The minimum Gasteiger partial charge on any atom is -0.354 e. The van der Waals surface area contributed by atoms with E-state index in [0.717, 1.165) is 9.87 Å². The average molecular weight is 439 g/mol. The number of benzene rings is 1. The van der Waals surface area contributed by atoms with Gasteiger partial charge >= 0.3 is 0 Å². The Morgan fingerprint density at radius 2 is 1.80 bits per heavy atom. The number of carbonyl (C=O) groups is 1. The molecule has 2 rings (SSSR count). The predicted octanol–water partition coefficient (Wildman–Crippen LogP) is 0.830. The molecule has 2 aromatic rings. The summed E-state index contributed by atoms with van der Waals surface area (Å²) in [4.78, 5) is 14.2. The first kappa shape index (κ1) is 23.7. The van der Waals surface area contributed by atoms with Crippen LogP contribution in [0.15, 0.2) is 41.1 Å². The van der Waals surface area contributed by atoms with Crippen LogP contribution in [0.5, 0.6) is 0 Å². The Kier molecular flexibility index (Phi) is 7.51. The molecule has 0 atom stereocenters.